The fourth-order valence-electron chi connectivity index (χ4n) is 3.04. The topological polar surface area (TPSA) is 102 Å². The van der Waals surface area contributed by atoms with E-state index < -0.39 is 22.6 Å². The average Bonchev–Trinajstić information content (AvgIpc) is 2.66. The Labute approximate surface area is 160 Å². The Balaban J connectivity index is 1.93. The van der Waals surface area contributed by atoms with Crippen molar-refractivity contribution in [3.05, 3.63) is 42.5 Å². The zero-order chi connectivity index (χ0) is 19.9. The molecule has 0 bridgehead atoms. The van der Waals surface area contributed by atoms with E-state index in [9.17, 15) is 18.0 Å². The second kappa shape index (κ2) is 9.66. The molecule has 1 fully saturated rings. The number of esters is 1. The summed E-state index contributed by atoms with van der Waals surface area (Å²) in [5.41, 5.74) is 0.0651. The van der Waals surface area contributed by atoms with Crippen LogP contribution < -0.4 is 10.0 Å². The lowest BCUT2D eigenvalue weighted by Crippen LogP contribution is -2.42. The normalized spacial score (nSPS) is 19.9. The summed E-state index contributed by atoms with van der Waals surface area (Å²) < 4.78 is 31.6. The van der Waals surface area contributed by atoms with Crippen molar-refractivity contribution < 1.29 is 22.7 Å². The van der Waals surface area contributed by atoms with Gasteiger partial charge >= 0.3 is 5.97 Å². The van der Waals surface area contributed by atoms with Gasteiger partial charge in [-0.05, 0) is 37.0 Å². The van der Waals surface area contributed by atoms with Crippen LogP contribution in [0.1, 0.15) is 43.0 Å². The molecule has 1 amide bonds. The minimum atomic E-state index is -3.74. The Hall–Kier alpha value is -2.19. The van der Waals surface area contributed by atoms with E-state index in [1.165, 1.54) is 36.8 Å². The van der Waals surface area contributed by atoms with Crippen molar-refractivity contribution in [1.29, 1.82) is 0 Å². The molecule has 0 heterocycles. The van der Waals surface area contributed by atoms with Crippen molar-refractivity contribution in [2.24, 2.45) is 5.92 Å². The minimum absolute atomic E-state index is 0.0562. The van der Waals surface area contributed by atoms with Gasteiger partial charge in [0.2, 0.25) is 10.0 Å². The van der Waals surface area contributed by atoms with Crippen LogP contribution >= 0.6 is 0 Å². The second-order valence-corrected chi connectivity index (χ2v) is 8.45. The van der Waals surface area contributed by atoms with E-state index in [4.69, 9.17) is 4.74 Å². The van der Waals surface area contributed by atoms with Gasteiger partial charge in [0.25, 0.3) is 5.91 Å². The van der Waals surface area contributed by atoms with Gasteiger partial charge in [-0.25, -0.2) is 17.9 Å². The molecule has 7 nitrogen and oxygen atoms in total. The van der Waals surface area contributed by atoms with Gasteiger partial charge in [-0.2, -0.15) is 0 Å². The van der Waals surface area contributed by atoms with Gasteiger partial charge < -0.3 is 10.1 Å². The fraction of sp³-hybridized carbons (Fsp3) is 0.474. The second-order valence-electron chi connectivity index (χ2n) is 6.68. The van der Waals surface area contributed by atoms with Crippen molar-refractivity contribution >= 4 is 21.9 Å². The first kappa shape index (κ1) is 21.1. The first-order valence-corrected chi connectivity index (χ1v) is 10.5. The first-order valence-electron chi connectivity index (χ1n) is 9.00. The molecule has 1 aromatic carbocycles. The number of benzene rings is 1. The third-order valence-corrected chi connectivity index (χ3v) is 6.01. The average molecular weight is 394 g/mol. The Morgan fingerprint density at radius 2 is 2.04 bits per heavy atom. The van der Waals surface area contributed by atoms with Crippen LogP contribution in [-0.2, 0) is 19.6 Å². The molecule has 0 aromatic heterocycles. The molecule has 27 heavy (non-hydrogen) atoms. The SMILES string of the molecule is C=CCNS(=O)(=O)c1cccc(C(=O)OCC(=O)N[C@@H]2CCCC[C@H]2C)c1. The van der Waals surface area contributed by atoms with Gasteiger partial charge in [-0.1, -0.05) is 31.9 Å². The minimum Gasteiger partial charge on any atom is -0.452 e. The van der Waals surface area contributed by atoms with Crippen LogP contribution in [0.15, 0.2) is 41.8 Å². The van der Waals surface area contributed by atoms with E-state index >= 15 is 0 Å². The number of sulfonamides is 1. The van der Waals surface area contributed by atoms with Crippen molar-refractivity contribution in [2.45, 2.75) is 43.5 Å². The third kappa shape index (κ3) is 6.18. The fourth-order valence-corrected chi connectivity index (χ4v) is 4.08. The van der Waals surface area contributed by atoms with Gasteiger partial charge in [-0.15, -0.1) is 6.58 Å². The molecule has 1 aromatic rings. The summed E-state index contributed by atoms with van der Waals surface area (Å²) in [7, 11) is -3.74. The highest BCUT2D eigenvalue weighted by Crippen LogP contribution is 2.23. The molecule has 0 radical (unpaired) electrons. The molecule has 1 aliphatic rings. The molecule has 0 unspecified atom stereocenters. The van der Waals surface area contributed by atoms with Crippen LogP contribution in [0, 0.1) is 5.92 Å². The molecule has 2 atom stereocenters. The molecule has 2 rings (SSSR count). The molecule has 1 aliphatic carbocycles. The van der Waals surface area contributed by atoms with E-state index in [1.807, 2.05) is 0 Å². The maximum Gasteiger partial charge on any atom is 0.338 e. The first-order chi connectivity index (χ1) is 12.8. The summed E-state index contributed by atoms with van der Waals surface area (Å²) in [6, 6.07) is 5.59. The molecule has 0 aliphatic heterocycles. The summed E-state index contributed by atoms with van der Waals surface area (Å²) in [5.74, 6) is -0.690. The highest BCUT2D eigenvalue weighted by atomic mass is 32.2. The van der Waals surface area contributed by atoms with Gasteiger partial charge in [-0.3, -0.25) is 4.79 Å². The van der Waals surface area contributed by atoms with E-state index in [0.29, 0.717) is 5.92 Å². The van der Waals surface area contributed by atoms with Gasteiger partial charge in [0, 0.05) is 12.6 Å². The Morgan fingerprint density at radius 1 is 1.30 bits per heavy atom. The number of hydrogen-bond donors (Lipinski definition) is 2. The number of amides is 1. The van der Waals surface area contributed by atoms with E-state index in [2.05, 4.69) is 23.5 Å². The van der Waals surface area contributed by atoms with Crippen LogP contribution in [0.4, 0.5) is 0 Å². The van der Waals surface area contributed by atoms with E-state index in [0.717, 1.165) is 19.3 Å². The van der Waals surface area contributed by atoms with Crippen LogP contribution in [-0.4, -0.2) is 39.5 Å². The lowest BCUT2D eigenvalue weighted by atomic mass is 9.86. The monoisotopic (exact) mass is 394 g/mol. The van der Waals surface area contributed by atoms with Crippen LogP contribution in [0.3, 0.4) is 0 Å². The Kier molecular flexibility index (Phi) is 7.55. The molecule has 1 saturated carbocycles. The summed E-state index contributed by atoms with van der Waals surface area (Å²) in [5, 5.41) is 2.90. The Bertz CT molecular complexity index is 791. The molecule has 0 spiro atoms. The standard InChI is InChI=1S/C19H26N2O5S/c1-3-11-20-27(24,25)16-9-6-8-15(12-16)19(23)26-13-18(22)21-17-10-5-4-7-14(17)2/h3,6,8-9,12,14,17,20H,1,4-5,7,10-11,13H2,2H3,(H,21,22)/t14-,17-/m1/s1. The summed E-state index contributed by atoms with van der Waals surface area (Å²) in [4.78, 5) is 24.1. The zero-order valence-electron chi connectivity index (χ0n) is 15.4. The number of rotatable bonds is 8. The summed E-state index contributed by atoms with van der Waals surface area (Å²) >= 11 is 0. The molecular formula is C19H26N2O5S. The predicted molar refractivity (Wildman–Crippen MR) is 102 cm³/mol. The molecular weight excluding hydrogens is 368 g/mol. The maximum absolute atomic E-state index is 12.2. The van der Waals surface area contributed by atoms with Crippen molar-refractivity contribution in [3.63, 3.8) is 0 Å². The van der Waals surface area contributed by atoms with Crippen LogP contribution in [0.25, 0.3) is 0 Å². The van der Waals surface area contributed by atoms with E-state index in [-0.39, 0.29) is 29.0 Å². The summed E-state index contributed by atoms with van der Waals surface area (Å²) in [6.07, 6.45) is 5.67. The quantitative estimate of drug-likeness (QED) is 0.519. The van der Waals surface area contributed by atoms with Crippen molar-refractivity contribution in [1.82, 2.24) is 10.0 Å². The highest BCUT2D eigenvalue weighted by molar-refractivity contribution is 7.89. The van der Waals surface area contributed by atoms with E-state index in [1.54, 1.807) is 0 Å². The zero-order valence-corrected chi connectivity index (χ0v) is 16.3. The molecule has 2 N–H and O–H groups in total. The number of carbonyl (C=O) groups is 2. The molecule has 0 saturated heterocycles. The smallest absolute Gasteiger partial charge is 0.338 e. The third-order valence-electron chi connectivity index (χ3n) is 4.59. The molecule has 148 valence electrons. The number of nitrogens with one attached hydrogen (secondary N) is 2. The number of ether oxygens (including phenoxy) is 1. The predicted octanol–water partition coefficient (Wildman–Crippen LogP) is 2.00. The summed E-state index contributed by atoms with van der Waals surface area (Å²) in [6.45, 7) is 5.24. The van der Waals surface area contributed by atoms with Gasteiger partial charge in [0.1, 0.15) is 0 Å². The Morgan fingerprint density at radius 3 is 2.74 bits per heavy atom. The van der Waals surface area contributed by atoms with Gasteiger partial charge in [0.05, 0.1) is 10.5 Å². The maximum atomic E-state index is 12.2. The molecule has 8 heteroatoms. The van der Waals surface area contributed by atoms with Gasteiger partial charge in [0.15, 0.2) is 6.61 Å². The lowest BCUT2D eigenvalue weighted by Gasteiger charge is -2.29. The van der Waals surface area contributed by atoms with Crippen LogP contribution in [0.2, 0.25) is 0 Å². The lowest BCUT2D eigenvalue weighted by molar-refractivity contribution is -0.125. The van der Waals surface area contributed by atoms with Crippen molar-refractivity contribution in [3.8, 4) is 0 Å². The largest absolute Gasteiger partial charge is 0.452 e. The van der Waals surface area contributed by atoms with Crippen molar-refractivity contribution in [2.75, 3.05) is 13.2 Å². The highest BCUT2D eigenvalue weighted by Gasteiger charge is 2.23. The number of hydrogen-bond acceptors (Lipinski definition) is 5. The van der Waals surface area contributed by atoms with Crippen LogP contribution in [0.5, 0.6) is 0 Å². The number of carbonyl (C=O) groups excluding carboxylic acids is 2.